The highest BCUT2D eigenvalue weighted by molar-refractivity contribution is 7.09. The fourth-order valence-corrected chi connectivity index (χ4v) is 4.03. The van der Waals surface area contributed by atoms with E-state index in [-0.39, 0.29) is 18.1 Å². The lowest BCUT2D eigenvalue weighted by Gasteiger charge is -2.35. The quantitative estimate of drug-likeness (QED) is 0.862. The maximum absolute atomic E-state index is 12.9. The van der Waals surface area contributed by atoms with Crippen LogP contribution in [0.2, 0.25) is 0 Å². The molecule has 1 amide bonds. The van der Waals surface area contributed by atoms with E-state index in [4.69, 9.17) is 4.74 Å². The van der Waals surface area contributed by atoms with Gasteiger partial charge in [0.25, 0.3) is 5.91 Å². The number of rotatable bonds is 3. The summed E-state index contributed by atoms with van der Waals surface area (Å²) in [6, 6.07) is 6.23. The number of ether oxygens (including phenoxy) is 1. The molecule has 1 saturated heterocycles. The lowest BCUT2D eigenvalue weighted by Crippen LogP contribution is -2.48. The summed E-state index contributed by atoms with van der Waals surface area (Å²) >= 11 is 1.75. The van der Waals surface area contributed by atoms with E-state index >= 15 is 0 Å². The summed E-state index contributed by atoms with van der Waals surface area (Å²) in [5.41, 5.74) is 3.00. The Kier molecular flexibility index (Phi) is 4.60. The number of carbonyl (C=O) groups is 1. The molecule has 0 radical (unpaired) electrons. The predicted octanol–water partition coefficient (Wildman–Crippen LogP) is 3.46. The molecular weight excluding hydrogens is 308 g/mol. The molecule has 2 aromatic heterocycles. The first-order chi connectivity index (χ1) is 11.0. The van der Waals surface area contributed by atoms with E-state index in [1.807, 2.05) is 31.7 Å². The van der Waals surface area contributed by atoms with E-state index in [2.05, 4.69) is 29.0 Å². The van der Waals surface area contributed by atoms with Crippen LogP contribution < -0.4 is 0 Å². The van der Waals surface area contributed by atoms with Gasteiger partial charge in [-0.25, -0.2) is 0 Å². The zero-order valence-corrected chi connectivity index (χ0v) is 15.0. The number of aromatic nitrogens is 1. The predicted molar refractivity (Wildman–Crippen MR) is 93.2 cm³/mol. The molecule has 2 aromatic rings. The fourth-order valence-electron chi connectivity index (χ4n) is 3.33. The van der Waals surface area contributed by atoms with Crippen molar-refractivity contribution in [2.24, 2.45) is 0 Å². The lowest BCUT2D eigenvalue weighted by atomic mass is 10.1. The molecule has 124 valence electrons. The molecule has 0 aromatic carbocycles. The summed E-state index contributed by atoms with van der Waals surface area (Å²) in [5.74, 6) is 0.123. The molecule has 1 fully saturated rings. The van der Waals surface area contributed by atoms with E-state index in [1.54, 1.807) is 11.3 Å². The van der Waals surface area contributed by atoms with E-state index in [0.29, 0.717) is 13.1 Å². The van der Waals surface area contributed by atoms with Crippen LogP contribution in [0.4, 0.5) is 0 Å². The zero-order valence-electron chi connectivity index (χ0n) is 14.2. The Labute approximate surface area is 141 Å². The monoisotopic (exact) mass is 332 g/mol. The molecule has 5 heteroatoms. The smallest absolute Gasteiger partial charge is 0.255 e. The van der Waals surface area contributed by atoms with Gasteiger partial charge in [0.2, 0.25) is 0 Å². The number of carbonyl (C=O) groups excluding carboxylic acids is 1. The Bertz CT molecular complexity index is 680. The van der Waals surface area contributed by atoms with Crippen LogP contribution >= 0.6 is 11.3 Å². The normalized spacial score (nSPS) is 21.7. The van der Waals surface area contributed by atoms with E-state index in [9.17, 15) is 4.79 Å². The van der Waals surface area contributed by atoms with Gasteiger partial charge >= 0.3 is 0 Å². The molecule has 4 nitrogen and oxygen atoms in total. The molecule has 2 atom stereocenters. The van der Waals surface area contributed by atoms with Crippen molar-refractivity contribution in [3.63, 3.8) is 0 Å². The van der Waals surface area contributed by atoms with Crippen LogP contribution in [-0.2, 0) is 11.3 Å². The van der Waals surface area contributed by atoms with Gasteiger partial charge in [0.1, 0.15) is 0 Å². The Hall–Kier alpha value is -1.59. The summed E-state index contributed by atoms with van der Waals surface area (Å²) in [6.45, 7) is 10.3. The van der Waals surface area contributed by atoms with Crippen molar-refractivity contribution in [3.8, 4) is 0 Å². The first-order valence-electron chi connectivity index (χ1n) is 8.09. The van der Waals surface area contributed by atoms with Crippen molar-refractivity contribution in [2.45, 2.75) is 46.4 Å². The van der Waals surface area contributed by atoms with Gasteiger partial charge in [0.05, 0.1) is 24.3 Å². The van der Waals surface area contributed by atoms with E-state index < -0.39 is 0 Å². The third-order valence-corrected chi connectivity index (χ3v) is 5.27. The van der Waals surface area contributed by atoms with E-state index in [0.717, 1.165) is 23.5 Å². The highest BCUT2D eigenvalue weighted by Crippen LogP contribution is 2.22. The van der Waals surface area contributed by atoms with Gasteiger partial charge in [-0.15, -0.1) is 11.3 Å². The summed E-state index contributed by atoms with van der Waals surface area (Å²) in [7, 11) is 0. The van der Waals surface area contributed by atoms with Crippen molar-refractivity contribution >= 4 is 17.2 Å². The molecule has 23 heavy (non-hydrogen) atoms. The zero-order chi connectivity index (χ0) is 16.6. The molecule has 3 heterocycles. The van der Waals surface area contributed by atoms with Crippen LogP contribution in [0.15, 0.2) is 23.6 Å². The SMILES string of the molecule is Cc1cc(C(=O)N2CC(C)OC(C)C2)c(C)n1Cc1cccs1. The molecular formula is C18H24N2O2S. The van der Waals surface area contributed by atoms with Crippen LogP contribution in [0.1, 0.15) is 40.5 Å². The average Bonchev–Trinajstić information content (AvgIpc) is 3.09. The second kappa shape index (κ2) is 6.49. The standard InChI is InChI=1S/C18H24N2O2S/c1-12-8-17(15(4)20(12)11-16-6-5-7-23-16)18(21)19-9-13(2)22-14(3)10-19/h5-8,13-14H,9-11H2,1-4H3. The van der Waals surface area contributed by atoms with Crippen LogP contribution in [0.25, 0.3) is 0 Å². The van der Waals surface area contributed by atoms with Crippen LogP contribution in [0, 0.1) is 13.8 Å². The number of hydrogen-bond donors (Lipinski definition) is 0. The number of amides is 1. The minimum atomic E-state index is 0.0947. The second-order valence-corrected chi connectivity index (χ2v) is 7.45. The Balaban J connectivity index is 1.84. The molecule has 0 bridgehead atoms. The number of aryl methyl sites for hydroxylation is 1. The highest BCUT2D eigenvalue weighted by Gasteiger charge is 2.28. The Morgan fingerprint density at radius 3 is 2.61 bits per heavy atom. The first-order valence-corrected chi connectivity index (χ1v) is 8.97. The fraction of sp³-hybridized carbons (Fsp3) is 0.500. The molecule has 0 aliphatic carbocycles. The Morgan fingerprint density at radius 1 is 1.30 bits per heavy atom. The molecule has 0 N–H and O–H groups in total. The number of morpholine rings is 1. The minimum absolute atomic E-state index is 0.0947. The van der Waals surface area contributed by atoms with Crippen molar-refractivity contribution < 1.29 is 9.53 Å². The van der Waals surface area contributed by atoms with Crippen molar-refractivity contribution in [2.75, 3.05) is 13.1 Å². The van der Waals surface area contributed by atoms with Gasteiger partial charge in [-0.05, 0) is 45.2 Å². The number of thiophene rings is 1. The topological polar surface area (TPSA) is 34.5 Å². The third-order valence-electron chi connectivity index (χ3n) is 4.40. The molecule has 1 aliphatic rings. The van der Waals surface area contributed by atoms with Crippen LogP contribution in [0.3, 0.4) is 0 Å². The van der Waals surface area contributed by atoms with Gasteiger partial charge in [-0.3, -0.25) is 4.79 Å². The summed E-state index contributed by atoms with van der Waals surface area (Å²) in [6.07, 6.45) is 0.189. The highest BCUT2D eigenvalue weighted by atomic mass is 32.1. The molecule has 0 saturated carbocycles. The molecule has 3 rings (SSSR count). The van der Waals surface area contributed by atoms with Crippen molar-refractivity contribution in [3.05, 3.63) is 45.4 Å². The molecule has 2 unspecified atom stereocenters. The number of hydrogen-bond acceptors (Lipinski definition) is 3. The van der Waals surface area contributed by atoms with Gasteiger partial charge in [-0.2, -0.15) is 0 Å². The summed E-state index contributed by atoms with van der Waals surface area (Å²) in [5, 5.41) is 2.09. The molecule has 0 spiro atoms. The first kappa shape index (κ1) is 16.3. The largest absolute Gasteiger partial charge is 0.372 e. The van der Waals surface area contributed by atoms with Gasteiger partial charge in [0.15, 0.2) is 0 Å². The summed E-state index contributed by atoms with van der Waals surface area (Å²) < 4.78 is 7.96. The lowest BCUT2D eigenvalue weighted by molar-refractivity contribution is -0.0586. The third kappa shape index (κ3) is 3.35. The van der Waals surface area contributed by atoms with Gasteiger partial charge < -0.3 is 14.2 Å². The maximum atomic E-state index is 12.9. The van der Waals surface area contributed by atoms with Gasteiger partial charge in [0, 0.05) is 29.4 Å². The maximum Gasteiger partial charge on any atom is 0.255 e. The van der Waals surface area contributed by atoms with Crippen molar-refractivity contribution in [1.29, 1.82) is 0 Å². The Morgan fingerprint density at radius 2 is 2.00 bits per heavy atom. The molecule has 1 aliphatic heterocycles. The van der Waals surface area contributed by atoms with Crippen LogP contribution in [0.5, 0.6) is 0 Å². The van der Waals surface area contributed by atoms with E-state index in [1.165, 1.54) is 4.88 Å². The average molecular weight is 332 g/mol. The summed E-state index contributed by atoms with van der Waals surface area (Å²) in [4.78, 5) is 16.2. The van der Waals surface area contributed by atoms with Gasteiger partial charge in [-0.1, -0.05) is 6.07 Å². The minimum Gasteiger partial charge on any atom is -0.372 e. The second-order valence-electron chi connectivity index (χ2n) is 6.42. The van der Waals surface area contributed by atoms with Crippen LogP contribution in [-0.4, -0.2) is 40.7 Å². The number of nitrogens with zero attached hydrogens (tertiary/aromatic N) is 2. The van der Waals surface area contributed by atoms with Crippen molar-refractivity contribution in [1.82, 2.24) is 9.47 Å².